The molecule has 0 spiro atoms. The summed E-state index contributed by atoms with van der Waals surface area (Å²) in [7, 11) is -3.69. The van der Waals surface area contributed by atoms with E-state index in [4.69, 9.17) is 19.2 Å². The smallest absolute Gasteiger partial charge is 0.280 e. The highest BCUT2D eigenvalue weighted by molar-refractivity contribution is 7.92. The minimum absolute atomic E-state index is 0.00826. The monoisotopic (exact) mass is 671 g/mol. The fraction of sp³-hybridized carbons (Fsp3) is 0.429. The van der Waals surface area contributed by atoms with Crippen LogP contribution in [0.3, 0.4) is 0 Å². The second-order valence-electron chi connectivity index (χ2n) is 13.3. The van der Waals surface area contributed by atoms with Crippen molar-refractivity contribution in [3.63, 3.8) is 0 Å². The van der Waals surface area contributed by atoms with Crippen molar-refractivity contribution in [2.24, 2.45) is 11.8 Å². The maximum Gasteiger partial charge on any atom is 0.280 e. The zero-order valence-corrected chi connectivity index (χ0v) is 28.0. The molecule has 3 aliphatic rings. The van der Waals surface area contributed by atoms with Crippen molar-refractivity contribution < 1.29 is 17.7 Å². The van der Waals surface area contributed by atoms with Crippen LogP contribution in [0.25, 0.3) is 31.9 Å². The molecule has 1 saturated heterocycles. The summed E-state index contributed by atoms with van der Waals surface area (Å²) < 4.78 is 40.5. The molecule has 47 heavy (non-hydrogen) atoms. The molecule has 5 aromatic rings. The van der Waals surface area contributed by atoms with Gasteiger partial charge in [0.15, 0.2) is 15.6 Å². The summed E-state index contributed by atoms with van der Waals surface area (Å²) in [6.45, 7) is 5.60. The van der Waals surface area contributed by atoms with Crippen molar-refractivity contribution in [3.8, 4) is 21.8 Å². The Morgan fingerprint density at radius 1 is 1.09 bits per heavy atom. The van der Waals surface area contributed by atoms with Crippen LogP contribution in [0.15, 0.2) is 56.9 Å². The van der Waals surface area contributed by atoms with E-state index in [9.17, 15) is 13.2 Å². The number of ether oxygens (including phenoxy) is 1. The van der Waals surface area contributed by atoms with E-state index < -0.39 is 9.84 Å². The molecule has 2 N–H and O–H groups in total. The molecule has 0 radical (unpaired) electrons. The molecule has 8 rings (SSSR count). The molecule has 0 amide bonds. The first-order valence-corrected chi connectivity index (χ1v) is 18.9. The number of nitrogens with zero attached hydrogens (tertiary/aromatic N) is 3. The number of fused-ring (bicyclic) bond motifs is 3. The number of H-pyrrole nitrogens is 1. The van der Waals surface area contributed by atoms with Crippen LogP contribution in [0.5, 0.6) is 0 Å². The normalized spacial score (nSPS) is 20.6. The number of anilines is 1. The van der Waals surface area contributed by atoms with Crippen molar-refractivity contribution in [2.45, 2.75) is 69.2 Å². The zero-order valence-electron chi connectivity index (χ0n) is 26.4. The maximum atomic E-state index is 14.1. The first-order chi connectivity index (χ1) is 22.8. The zero-order chi connectivity index (χ0) is 32.3. The second kappa shape index (κ2) is 12.0. The molecular formula is C35H37N5O5S2. The molecule has 12 heteroatoms. The molecule has 1 fully saturated rings. The molecule has 244 valence electrons. The highest BCUT2D eigenvalue weighted by Crippen LogP contribution is 2.51. The van der Waals surface area contributed by atoms with Gasteiger partial charge in [-0.1, -0.05) is 19.9 Å². The fourth-order valence-electron chi connectivity index (χ4n) is 7.49. The largest absolute Gasteiger partial charge is 0.381 e. The molecule has 2 aliphatic heterocycles. The van der Waals surface area contributed by atoms with Crippen molar-refractivity contribution >= 4 is 37.1 Å². The van der Waals surface area contributed by atoms with Crippen LogP contribution in [-0.4, -0.2) is 47.5 Å². The van der Waals surface area contributed by atoms with E-state index in [2.05, 4.69) is 35.4 Å². The average Bonchev–Trinajstić information content (AvgIpc) is 3.85. The van der Waals surface area contributed by atoms with E-state index in [0.29, 0.717) is 34.9 Å². The average molecular weight is 672 g/mol. The summed E-state index contributed by atoms with van der Waals surface area (Å²) in [4.78, 5) is 27.9. The third-order valence-electron chi connectivity index (χ3n) is 9.98. The summed E-state index contributed by atoms with van der Waals surface area (Å²) in [6, 6.07) is 9.56. The number of sulfone groups is 1. The van der Waals surface area contributed by atoms with Crippen LogP contribution in [0.4, 0.5) is 5.82 Å². The summed E-state index contributed by atoms with van der Waals surface area (Å²) in [5, 5.41) is 7.06. The maximum absolute atomic E-state index is 14.1. The predicted octanol–water partition coefficient (Wildman–Crippen LogP) is 6.69. The van der Waals surface area contributed by atoms with Crippen LogP contribution in [0, 0.1) is 11.8 Å². The molecule has 0 bridgehead atoms. The van der Waals surface area contributed by atoms with Gasteiger partial charge in [0.05, 0.1) is 44.4 Å². The molecular weight excluding hydrogens is 635 g/mol. The topological polar surface area (TPSA) is 140 Å². The van der Waals surface area contributed by atoms with Gasteiger partial charge in [-0.25, -0.2) is 13.4 Å². The SMILES string of the molecule is CC(C)[C@H]1CS(=O)(=O)c2c1nc(CCC1CCOCC1)c(-c1cc(=O)[nH]o1)c2-c1cc2ccnc(N[C@@H]3CCc4ncccc43)c2s1. The fourth-order valence-corrected chi connectivity index (χ4v) is 10.9. The molecule has 0 unspecified atom stereocenters. The summed E-state index contributed by atoms with van der Waals surface area (Å²) >= 11 is 1.51. The van der Waals surface area contributed by atoms with Crippen molar-refractivity contribution in [1.29, 1.82) is 0 Å². The van der Waals surface area contributed by atoms with E-state index in [1.807, 2.05) is 24.4 Å². The van der Waals surface area contributed by atoms with Crippen LogP contribution in [-0.2, 0) is 27.4 Å². The minimum Gasteiger partial charge on any atom is -0.381 e. The molecule has 10 nitrogen and oxygen atoms in total. The first-order valence-electron chi connectivity index (χ1n) is 16.4. The Morgan fingerprint density at radius 3 is 2.72 bits per heavy atom. The summed E-state index contributed by atoms with van der Waals surface area (Å²) in [5.41, 5.74) is 4.44. The van der Waals surface area contributed by atoms with E-state index >= 15 is 0 Å². The number of hydrogen-bond donors (Lipinski definition) is 2. The highest BCUT2D eigenvalue weighted by atomic mass is 32.2. The lowest BCUT2D eigenvalue weighted by Gasteiger charge is -2.23. The van der Waals surface area contributed by atoms with Gasteiger partial charge in [0.1, 0.15) is 5.82 Å². The van der Waals surface area contributed by atoms with Crippen molar-refractivity contribution in [2.75, 3.05) is 24.3 Å². The van der Waals surface area contributed by atoms with E-state index in [1.165, 1.54) is 23.0 Å². The molecule has 2 atom stereocenters. The number of aromatic amines is 1. The quantitative estimate of drug-likeness (QED) is 0.185. The summed E-state index contributed by atoms with van der Waals surface area (Å²) in [6.07, 6.45) is 8.92. The minimum atomic E-state index is -3.69. The standard InChI is InChI=1S/C35H37N5O5S2/c1-19(2)23-18-47(42,43)34-31(30(27-17-29(41)40-45-27)26(38-32(23)34)6-5-20-10-14-44-15-11-20)28-16-21-9-13-37-35(33(21)46-28)39-25-8-7-24-22(25)4-3-12-36-24/h3-4,9,12-13,16-17,19-20,23,25H,5-8,10-11,14-15,18H2,1-2H3,(H,37,39)(H,40,41)/t23-,25-/m1/s1. The van der Waals surface area contributed by atoms with E-state index in [0.717, 1.165) is 77.5 Å². The Hall–Kier alpha value is -3.87. The van der Waals surface area contributed by atoms with Gasteiger partial charge >= 0.3 is 0 Å². The third kappa shape index (κ3) is 5.49. The number of aromatic nitrogens is 4. The molecule has 0 saturated carbocycles. The van der Waals surface area contributed by atoms with Gasteiger partial charge in [-0.2, -0.15) is 5.16 Å². The molecule has 1 aliphatic carbocycles. The lowest BCUT2D eigenvalue weighted by atomic mass is 9.88. The van der Waals surface area contributed by atoms with Gasteiger partial charge in [0.2, 0.25) is 0 Å². The number of thiophene rings is 1. The van der Waals surface area contributed by atoms with E-state index in [-0.39, 0.29) is 34.1 Å². The third-order valence-corrected chi connectivity index (χ3v) is 13.0. The lowest BCUT2D eigenvalue weighted by Crippen LogP contribution is -2.17. The first kappa shape index (κ1) is 30.5. The molecule has 5 aromatic heterocycles. The highest BCUT2D eigenvalue weighted by Gasteiger charge is 2.43. The lowest BCUT2D eigenvalue weighted by molar-refractivity contribution is 0.0639. The predicted molar refractivity (Wildman–Crippen MR) is 182 cm³/mol. The Bertz CT molecular complexity index is 2140. The Labute approximate surface area is 276 Å². The van der Waals surface area contributed by atoms with E-state index in [1.54, 1.807) is 6.20 Å². The Kier molecular flexibility index (Phi) is 7.76. The summed E-state index contributed by atoms with van der Waals surface area (Å²) in [5.74, 6) is 1.40. The number of hydrogen-bond acceptors (Lipinski definition) is 10. The van der Waals surface area contributed by atoms with Crippen LogP contribution >= 0.6 is 11.3 Å². The number of aryl methyl sites for hydroxylation is 2. The van der Waals surface area contributed by atoms with Crippen molar-refractivity contribution in [3.05, 3.63) is 75.7 Å². The number of nitrogens with one attached hydrogen (secondary N) is 2. The van der Waals surface area contributed by atoms with Gasteiger partial charge in [-0.3, -0.25) is 14.8 Å². The van der Waals surface area contributed by atoms with Crippen molar-refractivity contribution in [1.82, 2.24) is 20.1 Å². The molecule has 7 heterocycles. The number of pyridine rings is 3. The van der Waals surface area contributed by atoms with Crippen LogP contribution in [0.2, 0.25) is 0 Å². The van der Waals surface area contributed by atoms with Gasteiger partial charge in [-0.15, -0.1) is 11.3 Å². The van der Waals surface area contributed by atoms with Gasteiger partial charge in [-0.05, 0) is 79.5 Å². The molecule has 0 aromatic carbocycles. The second-order valence-corrected chi connectivity index (χ2v) is 16.3. The van der Waals surface area contributed by atoms with Gasteiger partial charge in [0.25, 0.3) is 5.56 Å². The van der Waals surface area contributed by atoms with Gasteiger partial charge in [0, 0.05) is 47.7 Å². The number of rotatable bonds is 8. The van der Waals surface area contributed by atoms with Gasteiger partial charge < -0.3 is 14.6 Å². The van der Waals surface area contributed by atoms with Crippen LogP contribution < -0.4 is 10.9 Å². The Balaban J connectivity index is 1.32. The Morgan fingerprint density at radius 2 is 1.94 bits per heavy atom. The van der Waals surface area contributed by atoms with Crippen LogP contribution in [0.1, 0.15) is 74.1 Å².